The molecule has 0 aliphatic heterocycles. The van der Waals surface area contributed by atoms with Crippen LogP contribution in [0.4, 0.5) is 0 Å². The van der Waals surface area contributed by atoms with Gasteiger partial charge in [0.1, 0.15) is 5.75 Å². The van der Waals surface area contributed by atoms with Crippen molar-refractivity contribution in [3.05, 3.63) is 29.5 Å². The Bertz CT molecular complexity index is 579. The van der Waals surface area contributed by atoms with Gasteiger partial charge in [0.05, 0.1) is 0 Å². The van der Waals surface area contributed by atoms with Crippen LogP contribution >= 0.6 is 0 Å². The minimum atomic E-state index is 0.124. The highest BCUT2D eigenvalue weighted by molar-refractivity contribution is 5.86. The number of aryl methyl sites for hydroxylation is 1. The maximum absolute atomic E-state index is 9.61. The number of phenols is 1. The molecule has 3 heteroatoms. The summed E-state index contributed by atoms with van der Waals surface area (Å²) in [6.07, 6.45) is 4.86. The van der Waals surface area contributed by atoms with Crippen LogP contribution in [0.1, 0.15) is 36.9 Å². The lowest BCUT2D eigenvalue weighted by Gasteiger charge is -2.27. The lowest BCUT2D eigenvalue weighted by Crippen LogP contribution is -2.33. The molecular weight excluding hydrogens is 224 g/mol. The Labute approximate surface area is 107 Å². The molecule has 3 nitrogen and oxygen atoms in total. The van der Waals surface area contributed by atoms with E-state index in [1.165, 1.54) is 36.9 Å². The van der Waals surface area contributed by atoms with Crippen molar-refractivity contribution < 1.29 is 5.11 Å². The van der Waals surface area contributed by atoms with Crippen molar-refractivity contribution in [3.63, 3.8) is 0 Å². The Hall–Kier alpha value is -1.48. The summed E-state index contributed by atoms with van der Waals surface area (Å²) in [6, 6.07) is 5.51. The van der Waals surface area contributed by atoms with Crippen molar-refractivity contribution in [1.29, 1.82) is 0 Å². The van der Waals surface area contributed by atoms with E-state index in [4.69, 9.17) is 5.73 Å². The first kappa shape index (κ1) is 11.6. The van der Waals surface area contributed by atoms with Gasteiger partial charge in [0.15, 0.2) is 0 Å². The average Bonchev–Trinajstić information content (AvgIpc) is 2.96. The summed E-state index contributed by atoms with van der Waals surface area (Å²) < 4.78 is 0. The maximum Gasteiger partial charge on any atom is 0.116 e. The molecule has 4 N–H and O–H groups in total. The molecular formula is C15H20N2O. The van der Waals surface area contributed by atoms with Gasteiger partial charge in [0.2, 0.25) is 0 Å². The highest BCUT2D eigenvalue weighted by Crippen LogP contribution is 2.43. The molecule has 18 heavy (non-hydrogen) atoms. The number of nitrogens with one attached hydrogen (secondary N) is 1. The number of hydrogen-bond donors (Lipinski definition) is 3. The summed E-state index contributed by atoms with van der Waals surface area (Å²) in [5, 5.41) is 10.7. The van der Waals surface area contributed by atoms with E-state index in [1.807, 2.05) is 12.1 Å². The van der Waals surface area contributed by atoms with E-state index in [2.05, 4.69) is 11.9 Å². The molecule has 96 valence electrons. The quantitative estimate of drug-likeness (QED) is 0.760. The van der Waals surface area contributed by atoms with Crippen LogP contribution in [-0.2, 0) is 5.41 Å². The van der Waals surface area contributed by atoms with Gasteiger partial charge in [0, 0.05) is 28.6 Å². The molecule has 0 atom stereocenters. The maximum atomic E-state index is 9.61. The first-order valence-electron chi connectivity index (χ1n) is 6.68. The number of aromatic amines is 1. The number of fused-ring (bicyclic) bond motifs is 1. The van der Waals surface area contributed by atoms with Crippen LogP contribution in [-0.4, -0.2) is 16.6 Å². The second-order valence-corrected chi connectivity index (χ2v) is 5.55. The van der Waals surface area contributed by atoms with Crippen LogP contribution < -0.4 is 5.73 Å². The molecule has 1 aliphatic rings. The first-order chi connectivity index (χ1) is 8.66. The molecule has 1 aromatic carbocycles. The van der Waals surface area contributed by atoms with Crippen LogP contribution in [0.2, 0.25) is 0 Å². The zero-order chi connectivity index (χ0) is 12.8. The minimum Gasteiger partial charge on any atom is -0.508 e. The van der Waals surface area contributed by atoms with E-state index in [-0.39, 0.29) is 5.41 Å². The van der Waals surface area contributed by atoms with Crippen molar-refractivity contribution in [2.24, 2.45) is 5.73 Å². The third kappa shape index (κ3) is 1.54. The number of hydrogen-bond acceptors (Lipinski definition) is 2. The van der Waals surface area contributed by atoms with E-state index < -0.39 is 0 Å². The molecule has 0 bridgehead atoms. The average molecular weight is 244 g/mol. The van der Waals surface area contributed by atoms with Gasteiger partial charge in [-0.25, -0.2) is 0 Å². The normalized spacial score (nSPS) is 18.6. The fourth-order valence-corrected chi connectivity index (χ4v) is 3.45. The van der Waals surface area contributed by atoms with E-state index >= 15 is 0 Å². The van der Waals surface area contributed by atoms with Crippen LogP contribution in [0.15, 0.2) is 18.2 Å². The molecule has 1 aromatic heterocycles. The number of H-pyrrole nitrogens is 1. The summed E-state index contributed by atoms with van der Waals surface area (Å²) >= 11 is 0. The number of nitrogens with two attached hydrogens (primary N) is 1. The van der Waals surface area contributed by atoms with Crippen LogP contribution in [0.3, 0.4) is 0 Å². The number of aromatic nitrogens is 1. The highest BCUT2D eigenvalue weighted by Gasteiger charge is 2.37. The Kier molecular flexibility index (Phi) is 2.59. The van der Waals surface area contributed by atoms with Gasteiger partial charge in [-0.1, -0.05) is 12.8 Å². The number of benzene rings is 1. The predicted octanol–water partition coefficient (Wildman–Crippen LogP) is 2.95. The Balaban J connectivity index is 2.20. The third-order valence-electron chi connectivity index (χ3n) is 4.52. The monoisotopic (exact) mass is 244 g/mol. The van der Waals surface area contributed by atoms with Gasteiger partial charge in [-0.05, 0) is 43.5 Å². The Morgan fingerprint density at radius 3 is 2.72 bits per heavy atom. The first-order valence-corrected chi connectivity index (χ1v) is 6.68. The molecule has 2 aromatic rings. The molecule has 0 unspecified atom stereocenters. The SMILES string of the molecule is Cc1c(C2(CN)CCCC2)[nH]c2ccc(O)cc12. The lowest BCUT2D eigenvalue weighted by molar-refractivity contribution is 0.440. The molecule has 0 radical (unpaired) electrons. The van der Waals surface area contributed by atoms with E-state index in [9.17, 15) is 5.11 Å². The Morgan fingerprint density at radius 1 is 1.33 bits per heavy atom. The van der Waals surface area contributed by atoms with Crippen molar-refractivity contribution in [1.82, 2.24) is 4.98 Å². The second-order valence-electron chi connectivity index (χ2n) is 5.55. The van der Waals surface area contributed by atoms with E-state index in [1.54, 1.807) is 6.07 Å². The van der Waals surface area contributed by atoms with Gasteiger partial charge < -0.3 is 15.8 Å². The number of phenolic OH excluding ortho intramolecular Hbond substituents is 1. The van der Waals surface area contributed by atoms with Crippen molar-refractivity contribution in [2.45, 2.75) is 38.0 Å². The molecule has 1 fully saturated rings. The zero-order valence-corrected chi connectivity index (χ0v) is 10.8. The summed E-state index contributed by atoms with van der Waals surface area (Å²) in [4.78, 5) is 3.53. The van der Waals surface area contributed by atoms with Crippen molar-refractivity contribution in [2.75, 3.05) is 6.54 Å². The topological polar surface area (TPSA) is 62.0 Å². The minimum absolute atomic E-state index is 0.124. The second kappa shape index (κ2) is 4.02. The van der Waals surface area contributed by atoms with Gasteiger partial charge in [-0.15, -0.1) is 0 Å². The molecule has 1 heterocycles. The molecule has 1 aliphatic carbocycles. The van der Waals surface area contributed by atoms with E-state index in [0.29, 0.717) is 12.3 Å². The zero-order valence-electron chi connectivity index (χ0n) is 10.8. The van der Waals surface area contributed by atoms with Crippen LogP contribution in [0.25, 0.3) is 10.9 Å². The van der Waals surface area contributed by atoms with Gasteiger partial charge in [-0.2, -0.15) is 0 Å². The fourth-order valence-electron chi connectivity index (χ4n) is 3.45. The molecule has 1 saturated carbocycles. The molecule has 0 amide bonds. The van der Waals surface area contributed by atoms with Crippen molar-refractivity contribution >= 4 is 10.9 Å². The third-order valence-corrected chi connectivity index (χ3v) is 4.52. The molecule has 0 spiro atoms. The van der Waals surface area contributed by atoms with Crippen LogP contribution in [0.5, 0.6) is 5.75 Å². The molecule has 0 saturated heterocycles. The van der Waals surface area contributed by atoms with Crippen molar-refractivity contribution in [3.8, 4) is 5.75 Å². The standard InChI is InChI=1S/C15H20N2O/c1-10-12-8-11(18)4-5-13(12)17-14(10)15(9-16)6-2-3-7-15/h4-5,8,17-18H,2-3,6-7,9,16H2,1H3. The van der Waals surface area contributed by atoms with Crippen LogP contribution in [0, 0.1) is 6.92 Å². The number of aromatic hydroxyl groups is 1. The summed E-state index contributed by atoms with van der Waals surface area (Å²) in [6.45, 7) is 2.83. The fraction of sp³-hybridized carbons (Fsp3) is 0.467. The largest absolute Gasteiger partial charge is 0.508 e. The lowest BCUT2D eigenvalue weighted by atomic mass is 9.81. The van der Waals surface area contributed by atoms with Gasteiger partial charge >= 0.3 is 0 Å². The molecule has 3 rings (SSSR count). The number of rotatable bonds is 2. The predicted molar refractivity (Wildman–Crippen MR) is 73.9 cm³/mol. The summed E-state index contributed by atoms with van der Waals surface area (Å²) in [7, 11) is 0. The van der Waals surface area contributed by atoms with Gasteiger partial charge in [-0.3, -0.25) is 0 Å². The summed E-state index contributed by atoms with van der Waals surface area (Å²) in [5.41, 5.74) is 9.80. The summed E-state index contributed by atoms with van der Waals surface area (Å²) in [5.74, 6) is 0.323. The Morgan fingerprint density at radius 2 is 2.06 bits per heavy atom. The van der Waals surface area contributed by atoms with E-state index in [0.717, 1.165) is 10.9 Å². The highest BCUT2D eigenvalue weighted by atomic mass is 16.3. The van der Waals surface area contributed by atoms with Gasteiger partial charge in [0.25, 0.3) is 0 Å². The smallest absolute Gasteiger partial charge is 0.116 e.